The first-order valence-electron chi connectivity index (χ1n) is 41.0. The minimum absolute atomic E-state index is 0.104. The third kappa shape index (κ3) is 68.5. The number of ether oxygens (including phenoxy) is 4. The molecule has 582 valence electrons. The van der Waals surface area contributed by atoms with Crippen LogP contribution in [-0.2, 0) is 65.4 Å². The van der Waals surface area contributed by atoms with Gasteiger partial charge in [0.2, 0.25) is 0 Å². The molecule has 0 spiro atoms. The van der Waals surface area contributed by atoms with E-state index in [-0.39, 0.29) is 25.7 Å². The number of esters is 4. The number of aliphatic hydroxyl groups is 1. The Kier molecular flexibility index (Phi) is 68.1. The van der Waals surface area contributed by atoms with E-state index in [1.807, 2.05) is 0 Å². The SMILES string of the molecule is CCCCCCCCCCCCCCCCCCCCCCCCC(=O)O[C@H](COC(=O)CCCCCCCCCCCCC(C)CC)COP(=O)(O)OC[C@@H](O)COP(=O)(O)OC[C@@H](COC(=O)CCCCCCCCC(C)CC)OC(=O)CCCCCCCCCCC(C)CC. The summed E-state index contributed by atoms with van der Waals surface area (Å²) < 4.78 is 68.6. The van der Waals surface area contributed by atoms with Crippen molar-refractivity contribution in [3.05, 3.63) is 0 Å². The molecule has 0 aliphatic carbocycles. The molecule has 0 radical (unpaired) electrons. The lowest BCUT2D eigenvalue weighted by Gasteiger charge is -2.21. The second-order valence-electron chi connectivity index (χ2n) is 29.2. The standard InChI is InChI=1S/C79H154O17P2/c1-8-12-13-14-15-16-17-18-19-20-21-22-23-24-25-26-27-28-33-39-48-55-62-78(83)95-74(66-89-76(81)60-53-46-38-32-30-29-31-36-43-50-57-70(5)9-2)68-93-97(85,86)91-64-73(80)65-92-98(87,88)94-69-75(67-90-77(82)61-54-47-42-41-45-52-59-72(7)11-4)96-79(84)63-56-49-40-35-34-37-44-51-58-71(6)10-3/h70-75,80H,8-69H2,1-7H3,(H,85,86)(H,87,88)/t70?,71?,72?,73-,74-,75-/m1/s1. The van der Waals surface area contributed by atoms with Gasteiger partial charge in [-0.2, -0.15) is 0 Å². The van der Waals surface area contributed by atoms with Crippen molar-refractivity contribution in [3.8, 4) is 0 Å². The number of carbonyl (C=O) groups is 4. The minimum atomic E-state index is -4.96. The predicted octanol–water partition coefficient (Wildman–Crippen LogP) is 23.4. The van der Waals surface area contributed by atoms with Crippen molar-refractivity contribution in [1.82, 2.24) is 0 Å². The highest BCUT2D eigenvalue weighted by molar-refractivity contribution is 7.47. The lowest BCUT2D eigenvalue weighted by Crippen LogP contribution is -2.30. The van der Waals surface area contributed by atoms with E-state index < -0.39 is 97.5 Å². The highest BCUT2D eigenvalue weighted by Gasteiger charge is 2.30. The molecule has 0 amide bonds. The summed E-state index contributed by atoms with van der Waals surface area (Å²) in [4.78, 5) is 72.9. The fourth-order valence-electron chi connectivity index (χ4n) is 12.0. The molecule has 0 aromatic rings. The minimum Gasteiger partial charge on any atom is -0.462 e. The van der Waals surface area contributed by atoms with Crippen LogP contribution in [0.5, 0.6) is 0 Å². The maximum Gasteiger partial charge on any atom is 0.472 e. The van der Waals surface area contributed by atoms with Gasteiger partial charge in [0.15, 0.2) is 12.2 Å². The monoisotopic (exact) mass is 1440 g/mol. The van der Waals surface area contributed by atoms with Crippen LogP contribution in [0, 0.1) is 17.8 Å². The molecule has 0 bridgehead atoms. The molecule has 0 aliphatic rings. The molecular weight excluding hydrogens is 1280 g/mol. The summed E-state index contributed by atoms with van der Waals surface area (Å²) in [6.45, 7) is 11.9. The van der Waals surface area contributed by atoms with Crippen molar-refractivity contribution < 1.29 is 80.2 Å². The summed E-state index contributed by atoms with van der Waals surface area (Å²) in [5.41, 5.74) is 0. The van der Waals surface area contributed by atoms with Crippen molar-refractivity contribution in [2.24, 2.45) is 17.8 Å². The summed E-state index contributed by atoms with van der Waals surface area (Å²) in [6, 6.07) is 0. The topological polar surface area (TPSA) is 237 Å². The van der Waals surface area contributed by atoms with Crippen LogP contribution in [0.15, 0.2) is 0 Å². The van der Waals surface area contributed by atoms with Crippen LogP contribution in [-0.4, -0.2) is 96.7 Å². The molecule has 0 aromatic heterocycles. The average molecular weight is 1440 g/mol. The van der Waals surface area contributed by atoms with Crippen LogP contribution in [0.1, 0.15) is 408 Å². The number of phosphoric acid groups is 2. The van der Waals surface area contributed by atoms with Gasteiger partial charge in [0.05, 0.1) is 26.4 Å². The van der Waals surface area contributed by atoms with Crippen molar-refractivity contribution in [3.63, 3.8) is 0 Å². The second-order valence-corrected chi connectivity index (χ2v) is 32.1. The molecule has 0 aromatic carbocycles. The van der Waals surface area contributed by atoms with E-state index >= 15 is 0 Å². The zero-order chi connectivity index (χ0) is 72.3. The number of hydrogen-bond donors (Lipinski definition) is 3. The molecule has 0 rings (SSSR count). The summed E-state index contributed by atoms with van der Waals surface area (Å²) in [6.07, 6.45) is 57.0. The molecule has 8 atom stereocenters. The van der Waals surface area contributed by atoms with Crippen LogP contribution >= 0.6 is 15.6 Å². The van der Waals surface area contributed by atoms with E-state index in [1.165, 1.54) is 212 Å². The van der Waals surface area contributed by atoms with Gasteiger partial charge in [-0.3, -0.25) is 37.3 Å². The van der Waals surface area contributed by atoms with E-state index in [1.54, 1.807) is 0 Å². The van der Waals surface area contributed by atoms with E-state index in [2.05, 4.69) is 48.5 Å². The van der Waals surface area contributed by atoms with Crippen LogP contribution in [0.25, 0.3) is 0 Å². The number of phosphoric ester groups is 2. The van der Waals surface area contributed by atoms with Crippen molar-refractivity contribution >= 4 is 39.5 Å². The Morgan fingerprint density at radius 2 is 0.490 bits per heavy atom. The summed E-state index contributed by atoms with van der Waals surface area (Å²) >= 11 is 0. The van der Waals surface area contributed by atoms with E-state index in [4.69, 9.17) is 37.0 Å². The molecule has 5 unspecified atom stereocenters. The third-order valence-corrected chi connectivity index (χ3v) is 21.4. The summed E-state index contributed by atoms with van der Waals surface area (Å²) in [5.74, 6) is 0.191. The van der Waals surface area contributed by atoms with E-state index in [0.29, 0.717) is 25.7 Å². The smallest absolute Gasteiger partial charge is 0.462 e. The summed E-state index contributed by atoms with van der Waals surface area (Å²) in [5, 5.41) is 10.6. The first-order valence-corrected chi connectivity index (χ1v) is 44.0. The van der Waals surface area contributed by atoms with E-state index in [9.17, 15) is 43.2 Å². The summed E-state index contributed by atoms with van der Waals surface area (Å²) in [7, 11) is -9.92. The first kappa shape index (κ1) is 96.1. The average Bonchev–Trinajstić information content (AvgIpc) is 1.20. The van der Waals surface area contributed by atoms with Crippen molar-refractivity contribution in [1.29, 1.82) is 0 Å². The largest absolute Gasteiger partial charge is 0.472 e. The quantitative estimate of drug-likeness (QED) is 0.0222. The maximum atomic E-state index is 13.1. The van der Waals surface area contributed by atoms with Gasteiger partial charge < -0.3 is 33.8 Å². The zero-order valence-electron chi connectivity index (χ0n) is 64.3. The van der Waals surface area contributed by atoms with Gasteiger partial charge in [0.25, 0.3) is 0 Å². The fourth-order valence-corrected chi connectivity index (χ4v) is 13.6. The van der Waals surface area contributed by atoms with Gasteiger partial charge in [-0.15, -0.1) is 0 Å². The van der Waals surface area contributed by atoms with Gasteiger partial charge >= 0.3 is 39.5 Å². The van der Waals surface area contributed by atoms with Gasteiger partial charge in [0.1, 0.15) is 19.3 Å². The van der Waals surface area contributed by atoms with Gasteiger partial charge in [-0.05, 0) is 43.4 Å². The van der Waals surface area contributed by atoms with Gasteiger partial charge in [-0.25, -0.2) is 9.13 Å². The number of rotatable bonds is 77. The fraction of sp³-hybridized carbons (Fsp3) is 0.949. The zero-order valence-corrected chi connectivity index (χ0v) is 66.0. The molecule has 17 nitrogen and oxygen atoms in total. The maximum absolute atomic E-state index is 13.1. The van der Waals surface area contributed by atoms with Crippen molar-refractivity contribution in [2.75, 3.05) is 39.6 Å². The Morgan fingerprint density at radius 1 is 0.286 bits per heavy atom. The van der Waals surface area contributed by atoms with Gasteiger partial charge in [-0.1, -0.05) is 357 Å². The molecular formula is C79H154O17P2. The highest BCUT2D eigenvalue weighted by Crippen LogP contribution is 2.45. The second kappa shape index (κ2) is 69.4. The predicted molar refractivity (Wildman–Crippen MR) is 400 cm³/mol. The Bertz CT molecular complexity index is 1910. The molecule has 0 fully saturated rings. The van der Waals surface area contributed by atoms with Crippen LogP contribution in [0.2, 0.25) is 0 Å². The highest BCUT2D eigenvalue weighted by atomic mass is 31.2. The lowest BCUT2D eigenvalue weighted by atomic mass is 9.99. The Morgan fingerprint density at radius 3 is 0.724 bits per heavy atom. The molecule has 3 N–H and O–H groups in total. The Balaban J connectivity index is 5.21. The van der Waals surface area contributed by atoms with Crippen molar-refractivity contribution in [2.45, 2.75) is 426 Å². The first-order chi connectivity index (χ1) is 47.3. The number of carbonyl (C=O) groups excluding carboxylic acids is 4. The third-order valence-electron chi connectivity index (χ3n) is 19.5. The van der Waals surface area contributed by atoms with Crippen LogP contribution in [0.4, 0.5) is 0 Å². The number of aliphatic hydroxyl groups excluding tert-OH is 1. The Labute approximate surface area is 600 Å². The molecule has 0 heterocycles. The number of hydrogen-bond acceptors (Lipinski definition) is 15. The van der Waals surface area contributed by atoms with Gasteiger partial charge in [0, 0.05) is 25.7 Å². The normalized spacial score (nSPS) is 14.8. The molecule has 0 saturated carbocycles. The van der Waals surface area contributed by atoms with E-state index in [0.717, 1.165) is 114 Å². The molecule has 0 saturated heterocycles. The number of unbranched alkanes of at least 4 members (excludes halogenated alkanes) is 42. The molecule has 0 aliphatic heterocycles. The van der Waals surface area contributed by atoms with Crippen LogP contribution in [0.3, 0.4) is 0 Å². The molecule has 98 heavy (non-hydrogen) atoms. The van der Waals surface area contributed by atoms with Crippen LogP contribution < -0.4 is 0 Å². The lowest BCUT2D eigenvalue weighted by molar-refractivity contribution is -0.161. The molecule has 19 heteroatoms. The Hall–Kier alpha value is -1.94.